The summed E-state index contributed by atoms with van der Waals surface area (Å²) in [5, 5.41) is 3.76. The molecule has 184 valence electrons. The van der Waals surface area contributed by atoms with Crippen LogP contribution in [0, 0.1) is 0 Å². The Hall–Kier alpha value is -4.77. The van der Waals surface area contributed by atoms with Gasteiger partial charge < -0.3 is 19.2 Å². The van der Waals surface area contributed by atoms with E-state index in [2.05, 4.69) is 29.6 Å². The number of rotatable bonds is 8. The van der Waals surface area contributed by atoms with Crippen LogP contribution in [-0.4, -0.2) is 13.0 Å². The summed E-state index contributed by atoms with van der Waals surface area (Å²) in [6.45, 7) is 1.85. The van der Waals surface area contributed by atoms with Crippen molar-refractivity contribution in [2.24, 2.45) is 0 Å². The fourth-order valence-corrected chi connectivity index (χ4v) is 4.16. The van der Waals surface area contributed by atoms with Crippen LogP contribution in [-0.2, 0) is 4.79 Å². The molecular formula is C32H27NO4. The maximum Gasteiger partial charge on any atom is 0.248 e. The van der Waals surface area contributed by atoms with Crippen LogP contribution >= 0.6 is 0 Å². The quantitative estimate of drug-likeness (QED) is 0.227. The number of amides is 1. The molecule has 1 heterocycles. The molecule has 5 aromatic rings. The molecule has 1 aromatic heterocycles. The van der Waals surface area contributed by atoms with Crippen molar-refractivity contribution in [1.82, 2.24) is 0 Å². The number of carbonyl (C=O) groups excluding carboxylic acids is 1. The van der Waals surface area contributed by atoms with Gasteiger partial charge in [-0.2, -0.15) is 0 Å². The highest BCUT2D eigenvalue weighted by molar-refractivity contribution is 6.04. The molecule has 1 N–H and O–H groups in total. The van der Waals surface area contributed by atoms with E-state index in [9.17, 15) is 4.79 Å². The van der Waals surface area contributed by atoms with E-state index in [1.165, 1.54) is 6.08 Å². The smallest absolute Gasteiger partial charge is 0.248 e. The van der Waals surface area contributed by atoms with Crippen molar-refractivity contribution in [3.8, 4) is 11.5 Å². The average molecular weight is 490 g/mol. The van der Waals surface area contributed by atoms with Gasteiger partial charge in [0.2, 0.25) is 5.91 Å². The zero-order chi connectivity index (χ0) is 25.6. The zero-order valence-electron chi connectivity index (χ0n) is 20.7. The van der Waals surface area contributed by atoms with Gasteiger partial charge in [-0.15, -0.1) is 0 Å². The molecule has 0 spiro atoms. The third-order valence-electron chi connectivity index (χ3n) is 6.05. The SMILES string of the molecule is COc1ccc(NC(=O)/C=C(/C)c2cc3cccc(OC(c4ccccc4)c4ccccc4)c3o2)cc1. The number of fused-ring (bicyclic) bond motifs is 1. The van der Waals surface area contributed by atoms with E-state index in [-0.39, 0.29) is 12.0 Å². The number of ether oxygens (including phenoxy) is 2. The second kappa shape index (κ2) is 10.9. The molecule has 0 saturated heterocycles. The third kappa shape index (κ3) is 5.57. The summed E-state index contributed by atoms with van der Waals surface area (Å²) in [4.78, 5) is 12.6. The summed E-state index contributed by atoms with van der Waals surface area (Å²) >= 11 is 0. The number of furan rings is 1. The standard InChI is InChI=1S/C32H27NO4/c1-22(20-30(34)33-26-16-18-27(35-2)19-17-26)29-21-25-14-9-15-28(32(25)37-29)36-31(23-10-5-3-6-11-23)24-12-7-4-8-13-24/h3-21,31H,1-2H3,(H,33,34)/b22-20-. The van der Waals surface area contributed by atoms with Crippen LogP contribution in [0.15, 0.2) is 120 Å². The van der Waals surface area contributed by atoms with Gasteiger partial charge in [-0.25, -0.2) is 0 Å². The Morgan fingerprint density at radius 1 is 0.838 bits per heavy atom. The van der Waals surface area contributed by atoms with Crippen molar-refractivity contribution >= 4 is 28.1 Å². The van der Waals surface area contributed by atoms with Gasteiger partial charge in [0.1, 0.15) is 17.6 Å². The lowest BCUT2D eigenvalue weighted by Gasteiger charge is -2.20. The summed E-state index contributed by atoms with van der Waals surface area (Å²) in [7, 11) is 1.60. The minimum absolute atomic E-state index is 0.243. The molecule has 4 aromatic carbocycles. The number of nitrogens with one attached hydrogen (secondary N) is 1. The van der Waals surface area contributed by atoms with Crippen LogP contribution in [0.2, 0.25) is 0 Å². The van der Waals surface area contributed by atoms with E-state index < -0.39 is 0 Å². The van der Waals surface area contributed by atoms with Crippen LogP contribution in [0.5, 0.6) is 11.5 Å². The van der Waals surface area contributed by atoms with E-state index >= 15 is 0 Å². The first-order valence-electron chi connectivity index (χ1n) is 12.0. The van der Waals surface area contributed by atoms with Crippen molar-refractivity contribution in [2.75, 3.05) is 12.4 Å². The van der Waals surface area contributed by atoms with E-state index in [1.54, 1.807) is 31.4 Å². The van der Waals surface area contributed by atoms with E-state index in [1.807, 2.05) is 67.6 Å². The van der Waals surface area contributed by atoms with Crippen LogP contribution in [0.1, 0.15) is 29.9 Å². The summed E-state index contributed by atoms with van der Waals surface area (Å²) in [5.41, 5.74) is 4.11. The number of anilines is 1. The Morgan fingerprint density at radius 3 is 2.11 bits per heavy atom. The van der Waals surface area contributed by atoms with E-state index in [0.29, 0.717) is 28.4 Å². The topological polar surface area (TPSA) is 60.7 Å². The van der Waals surface area contributed by atoms with Gasteiger partial charge in [0.05, 0.1) is 7.11 Å². The van der Waals surface area contributed by atoms with Crippen molar-refractivity contribution < 1.29 is 18.7 Å². The summed E-state index contributed by atoms with van der Waals surface area (Å²) in [6.07, 6.45) is 1.23. The van der Waals surface area contributed by atoms with Gasteiger partial charge in [0.15, 0.2) is 11.3 Å². The molecule has 0 bridgehead atoms. The highest BCUT2D eigenvalue weighted by atomic mass is 16.5. The molecule has 5 rings (SSSR count). The largest absolute Gasteiger partial charge is 0.497 e. The van der Waals surface area contributed by atoms with Crippen molar-refractivity contribution in [2.45, 2.75) is 13.0 Å². The molecule has 0 unspecified atom stereocenters. The molecule has 5 nitrogen and oxygen atoms in total. The molecule has 37 heavy (non-hydrogen) atoms. The molecule has 0 radical (unpaired) electrons. The molecule has 1 amide bonds. The van der Waals surface area contributed by atoms with E-state index in [4.69, 9.17) is 13.9 Å². The molecule has 0 aliphatic rings. The number of methoxy groups -OCH3 is 1. The lowest BCUT2D eigenvalue weighted by Crippen LogP contribution is -2.09. The van der Waals surface area contributed by atoms with Gasteiger partial charge in [0.25, 0.3) is 0 Å². The number of benzene rings is 4. The monoisotopic (exact) mass is 489 g/mol. The predicted octanol–water partition coefficient (Wildman–Crippen LogP) is 7.65. The molecule has 5 heteroatoms. The van der Waals surface area contributed by atoms with Gasteiger partial charge in [-0.05, 0) is 60.0 Å². The second-order valence-corrected chi connectivity index (χ2v) is 8.65. The van der Waals surface area contributed by atoms with Crippen molar-refractivity contribution in [3.63, 3.8) is 0 Å². The van der Waals surface area contributed by atoms with Gasteiger partial charge >= 0.3 is 0 Å². The highest BCUT2D eigenvalue weighted by Crippen LogP contribution is 2.36. The minimum Gasteiger partial charge on any atom is -0.497 e. The molecule has 0 saturated carbocycles. The number of carbonyl (C=O) groups is 1. The van der Waals surface area contributed by atoms with Crippen molar-refractivity contribution in [3.05, 3.63) is 132 Å². The first-order chi connectivity index (χ1) is 18.1. The lowest BCUT2D eigenvalue weighted by atomic mass is 10.0. The highest BCUT2D eigenvalue weighted by Gasteiger charge is 2.19. The predicted molar refractivity (Wildman–Crippen MR) is 147 cm³/mol. The lowest BCUT2D eigenvalue weighted by molar-refractivity contribution is -0.111. The second-order valence-electron chi connectivity index (χ2n) is 8.65. The Morgan fingerprint density at radius 2 is 1.49 bits per heavy atom. The zero-order valence-corrected chi connectivity index (χ0v) is 20.7. The van der Waals surface area contributed by atoms with E-state index in [0.717, 1.165) is 22.3 Å². The number of para-hydroxylation sites is 1. The Balaban J connectivity index is 1.41. The fourth-order valence-electron chi connectivity index (χ4n) is 4.16. The third-order valence-corrected chi connectivity index (χ3v) is 6.05. The average Bonchev–Trinajstić information content (AvgIpc) is 3.39. The number of hydrogen-bond acceptors (Lipinski definition) is 4. The Kier molecular flexibility index (Phi) is 7.04. The maximum absolute atomic E-state index is 12.6. The van der Waals surface area contributed by atoms with Crippen LogP contribution in [0.4, 0.5) is 5.69 Å². The summed E-state index contributed by atoms with van der Waals surface area (Å²) in [5.74, 6) is 1.73. The van der Waals surface area contributed by atoms with Gasteiger partial charge in [-0.3, -0.25) is 4.79 Å². The first-order valence-corrected chi connectivity index (χ1v) is 12.0. The molecule has 0 atom stereocenters. The van der Waals surface area contributed by atoms with Crippen molar-refractivity contribution in [1.29, 1.82) is 0 Å². The summed E-state index contributed by atoms with van der Waals surface area (Å²) < 4.78 is 18.0. The normalized spacial score (nSPS) is 11.5. The molecule has 0 aliphatic carbocycles. The first kappa shape index (κ1) is 23.9. The van der Waals surface area contributed by atoms with Gasteiger partial charge in [0, 0.05) is 17.1 Å². The Labute approximate surface area is 216 Å². The Bertz CT molecular complexity index is 1480. The molecule has 0 fully saturated rings. The fraction of sp³-hybridized carbons (Fsp3) is 0.0938. The molecule has 0 aliphatic heterocycles. The van der Waals surface area contributed by atoms with Crippen LogP contribution in [0.25, 0.3) is 16.5 Å². The summed E-state index contributed by atoms with van der Waals surface area (Å²) in [6, 6.07) is 35.2. The van der Waals surface area contributed by atoms with Crippen LogP contribution in [0.3, 0.4) is 0 Å². The minimum atomic E-state index is -0.298. The molecular weight excluding hydrogens is 462 g/mol. The van der Waals surface area contributed by atoms with Gasteiger partial charge in [-0.1, -0.05) is 72.8 Å². The maximum atomic E-state index is 12.6. The number of hydrogen-bond donors (Lipinski definition) is 1. The number of allylic oxidation sites excluding steroid dienone is 1. The van der Waals surface area contributed by atoms with Crippen LogP contribution < -0.4 is 14.8 Å².